The predicted octanol–water partition coefficient (Wildman–Crippen LogP) is 0.883. The number of fused-ring (bicyclic) bond motifs is 1. The van der Waals surface area contributed by atoms with E-state index in [1.165, 1.54) is 6.08 Å². The van der Waals surface area contributed by atoms with E-state index in [0.29, 0.717) is 11.1 Å². The summed E-state index contributed by atoms with van der Waals surface area (Å²) in [6.45, 7) is 0. The number of Topliss-reactive ketones (excluding diaryl/α,β-unsaturated/α-hetero) is 1. The lowest BCUT2D eigenvalue weighted by molar-refractivity contribution is -0.138. The summed E-state index contributed by atoms with van der Waals surface area (Å²) in [6.07, 6.45) is 1.54. The van der Waals surface area contributed by atoms with Crippen molar-refractivity contribution in [2.24, 2.45) is 11.7 Å². The van der Waals surface area contributed by atoms with Crippen molar-refractivity contribution in [1.29, 1.82) is 0 Å². The molecule has 0 bridgehead atoms. The Labute approximate surface area is 86.0 Å². The van der Waals surface area contributed by atoms with Crippen LogP contribution in [0.4, 0.5) is 0 Å². The van der Waals surface area contributed by atoms with Crippen LogP contribution in [0.2, 0.25) is 0 Å². The quantitative estimate of drug-likeness (QED) is 0.664. The predicted molar refractivity (Wildman–Crippen MR) is 54.1 cm³/mol. The van der Waals surface area contributed by atoms with Gasteiger partial charge in [-0.3, -0.25) is 9.59 Å². The number of rotatable bonds is 1. The Bertz CT molecular complexity index is 476. The van der Waals surface area contributed by atoms with Crippen LogP contribution in [0.15, 0.2) is 30.0 Å². The van der Waals surface area contributed by atoms with Crippen LogP contribution in [0.1, 0.15) is 15.9 Å². The Kier molecular flexibility index (Phi) is 2.04. The van der Waals surface area contributed by atoms with Crippen LogP contribution >= 0.6 is 0 Å². The average Bonchev–Trinajstić information content (AvgIpc) is 2.17. The van der Waals surface area contributed by atoms with Crippen LogP contribution in [0.5, 0.6) is 0 Å². The zero-order chi connectivity index (χ0) is 11.0. The van der Waals surface area contributed by atoms with Crippen molar-refractivity contribution in [3.8, 4) is 0 Å². The molecule has 1 aliphatic carbocycles. The molecule has 3 N–H and O–H groups in total. The molecular weight excluding hydrogens is 194 g/mol. The number of hydrogen-bond donors (Lipinski definition) is 2. The number of carbonyl (C=O) groups is 2. The zero-order valence-electron chi connectivity index (χ0n) is 7.81. The van der Waals surface area contributed by atoms with Crippen molar-refractivity contribution in [2.75, 3.05) is 0 Å². The first-order valence-electron chi connectivity index (χ1n) is 4.44. The minimum absolute atomic E-state index is 0.0891. The lowest BCUT2D eigenvalue weighted by Crippen LogP contribution is -2.32. The van der Waals surface area contributed by atoms with Gasteiger partial charge in [0.1, 0.15) is 0 Å². The smallest absolute Gasteiger partial charge is 0.320 e. The standard InChI is InChI=1S/C11H9NO3/c12-8-5-6-3-1-2-4-7(6)10(13)9(8)11(14)15/h1-5,9H,12H2,(H,14,15). The first-order valence-corrected chi connectivity index (χ1v) is 4.44. The molecule has 1 aliphatic rings. The van der Waals surface area contributed by atoms with Gasteiger partial charge in [0, 0.05) is 11.3 Å². The SMILES string of the molecule is NC1=Cc2ccccc2C(=O)C1C(=O)O. The van der Waals surface area contributed by atoms with E-state index in [-0.39, 0.29) is 5.70 Å². The van der Waals surface area contributed by atoms with Crippen LogP contribution in [-0.4, -0.2) is 16.9 Å². The highest BCUT2D eigenvalue weighted by molar-refractivity contribution is 6.14. The Morgan fingerprint density at radius 1 is 1.33 bits per heavy atom. The van der Waals surface area contributed by atoms with Gasteiger partial charge < -0.3 is 10.8 Å². The minimum atomic E-state index is -1.24. The van der Waals surface area contributed by atoms with Gasteiger partial charge in [-0.15, -0.1) is 0 Å². The second-order valence-corrected chi connectivity index (χ2v) is 3.37. The summed E-state index contributed by atoms with van der Waals surface area (Å²) in [5.74, 6) is -2.89. The largest absolute Gasteiger partial charge is 0.480 e. The van der Waals surface area contributed by atoms with Crippen molar-refractivity contribution >= 4 is 17.8 Å². The summed E-state index contributed by atoms with van der Waals surface area (Å²) in [4.78, 5) is 22.6. The highest BCUT2D eigenvalue weighted by Gasteiger charge is 2.33. The first-order chi connectivity index (χ1) is 7.11. The highest BCUT2D eigenvalue weighted by Crippen LogP contribution is 2.25. The fourth-order valence-electron chi connectivity index (χ4n) is 1.67. The highest BCUT2D eigenvalue weighted by atomic mass is 16.4. The van der Waals surface area contributed by atoms with E-state index < -0.39 is 17.7 Å². The van der Waals surface area contributed by atoms with E-state index in [1.807, 2.05) is 0 Å². The van der Waals surface area contributed by atoms with Gasteiger partial charge in [0.15, 0.2) is 11.7 Å². The molecule has 0 saturated carbocycles. The molecule has 4 nitrogen and oxygen atoms in total. The molecule has 1 atom stereocenters. The molecule has 0 aliphatic heterocycles. The minimum Gasteiger partial charge on any atom is -0.480 e. The number of benzene rings is 1. The van der Waals surface area contributed by atoms with Gasteiger partial charge in [-0.1, -0.05) is 24.3 Å². The van der Waals surface area contributed by atoms with E-state index in [1.54, 1.807) is 24.3 Å². The van der Waals surface area contributed by atoms with Gasteiger partial charge in [0.2, 0.25) is 0 Å². The maximum atomic E-state index is 11.8. The van der Waals surface area contributed by atoms with Crippen molar-refractivity contribution in [1.82, 2.24) is 0 Å². The number of aliphatic carboxylic acids is 1. The van der Waals surface area contributed by atoms with E-state index in [2.05, 4.69) is 0 Å². The fourth-order valence-corrected chi connectivity index (χ4v) is 1.67. The molecule has 4 heteroatoms. The maximum absolute atomic E-state index is 11.8. The van der Waals surface area contributed by atoms with E-state index in [0.717, 1.165) is 0 Å². The second-order valence-electron chi connectivity index (χ2n) is 3.37. The Hall–Kier alpha value is -2.10. The van der Waals surface area contributed by atoms with Crippen LogP contribution in [0.25, 0.3) is 6.08 Å². The third-order valence-corrected chi connectivity index (χ3v) is 2.39. The normalized spacial score (nSPS) is 19.3. The molecule has 1 aromatic rings. The molecule has 0 spiro atoms. The van der Waals surface area contributed by atoms with Crippen LogP contribution in [0.3, 0.4) is 0 Å². The molecule has 2 rings (SSSR count). The van der Waals surface area contributed by atoms with E-state index >= 15 is 0 Å². The number of carboxylic acid groups (broad SMARTS) is 1. The summed E-state index contributed by atoms with van der Waals surface area (Å²) in [7, 11) is 0. The topological polar surface area (TPSA) is 80.4 Å². The van der Waals surface area contributed by atoms with Gasteiger partial charge in [-0.25, -0.2) is 0 Å². The van der Waals surface area contributed by atoms with Gasteiger partial charge >= 0.3 is 5.97 Å². The summed E-state index contributed by atoms with van der Waals surface area (Å²) >= 11 is 0. The van der Waals surface area contributed by atoms with Crippen molar-refractivity contribution in [3.05, 3.63) is 41.1 Å². The van der Waals surface area contributed by atoms with E-state index in [4.69, 9.17) is 10.8 Å². The Morgan fingerprint density at radius 3 is 2.67 bits per heavy atom. The number of carbonyl (C=O) groups excluding carboxylic acids is 1. The van der Waals surface area contributed by atoms with Crippen molar-refractivity contribution in [2.45, 2.75) is 0 Å². The Morgan fingerprint density at radius 2 is 2.00 bits per heavy atom. The van der Waals surface area contributed by atoms with Crippen LogP contribution in [-0.2, 0) is 4.79 Å². The third kappa shape index (κ3) is 1.40. The Balaban J connectivity index is 2.59. The van der Waals surface area contributed by atoms with Crippen molar-refractivity contribution < 1.29 is 14.7 Å². The van der Waals surface area contributed by atoms with Gasteiger partial charge in [0.05, 0.1) is 0 Å². The number of carboxylic acids is 1. The summed E-state index contributed by atoms with van der Waals surface area (Å²) in [5.41, 5.74) is 6.73. The molecule has 1 aromatic carbocycles. The van der Waals surface area contributed by atoms with Crippen LogP contribution in [0, 0.1) is 5.92 Å². The molecule has 15 heavy (non-hydrogen) atoms. The molecular formula is C11H9NO3. The first kappa shape index (κ1) is 9.45. The molecule has 0 amide bonds. The van der Waals surface area contributed by atoms with Crippen LogP contribution < -0.4 is 5.73 Å². The maximum Gasteiger partial charge on any atom is 0.320 e. The lowest BCUT2D eigenvalue weighted by atomic mass is 9.86. The van der Waals surface area contributed by atoms with E-state index in [9.17, 15) is 9.59 Å². The molecule has 1 unspecified atom stereocenters. The average molecular weight is 203 g/mol. The molecule has 0 heterocycles. The summed E-state index contributed by atoms with van der Waals surface area (Å²) in [5, 5.41) is 8.86. The number of nitrogens with two attached hydrogens (primary N) is 1. The second kappa shape index (κ2) is 3.24. The molecule has 0 radical (unpaired) electrons. The van der Waals surface area contributed by atoms with Gasteiger partial charge in [0.25, 0.3) is 0 Å². The number of hydrogen-bond acceptors (Lipinski definition) is 3. The molecule has 0 aromatic heterocycles. The summed E-state index contributed by atoms with van der Waals surface area (Å²) < 4.78 is 0. The zero-order valence-corrected chi connectivity index (χ0v) is 7.81. The monoisotopic (exact) mass is 203 g/mol. The lowest BCUT2D eigenvalue weighted by Gasteiger charge is -2.18. The summed E-state index contributed by atoms with van der Waals surface area (Å²) in [6, 6.07) is 6.82. The number of ketones is 1. The fraction of sp³-hybridized carbons (Fsp3) is 0.0909. The third-order valence-electron chi connectivity index (χ3n) is 2.39. The van der Waals surface area contributed by atoms with Gasteiger partial charge in [-0.05, 0) is 11.6 Å². The molecule has 76 valence electrons. The molecule has 0 fully saturated rings. The molecule has 0 saturated heterocycles. The van der Waals surface area contributed by atoms with Crippen molar-refractivity contribution in [3.63, 3.8) is 0 Å². The van der Waals surface area contributed by atoms with Gasteiger partial charge in [-0.2, -0.15) is 0 Å².